The maximum Gasteiger partial charge on any atom is 0.271 e. The van der Waals surface area contributed by atoms with Crippen molar-refractivity contribution in [3.05, 3.63) is 22.4 Å². The van der Waals surface area contributed by atoms with E-state index in [1.165, 1.54) is 12.8 Å². The number of hydrogen-bond donors (Lipinski definition) is 0. The highest BCUT2D eigenvalue weighted by Crippen LogP contribution is 2.30. The minimum atomic E-state index is 0.0167. The molecular formula is C13H15BrN2O. The summed E-state index contributed by atoms with van der Waals surface area (Å²) in [7, 11) is 1.86. The molecule has 0 bridgehead atoms. The lowest BCUT2D eigenvalue weighted by molar-refractivity contribution is 0.0760. The number of hydrogen-bond acceptors (Lipinski definition) is 1. The van der Waals surface area contributed by atoms with E-state index in [-0.39, 0.29) is 5.91 Å². The van der Waals surface area contributed by atoms with Crippen LogP contribution in [0.2, 0.25) is 0 Å². The van der Waals surface area contributed by atoms with Gasteiger partial charge in [0, 0.05) is 24.3 Å². The van der Waals surface area contributed by atoms with E-state index in [4.69, 9.17) is 6.42 Å². The summed E-state index contributed by atoms with van der Waals surface area (Å²) >= 11 is 3.37. The molecule has 3 nitrogen and oxygen atoms in total. The van der Waals surface area contributed by atoms with Gasteiger partial charge in [0.25, 0.3) is 5.91 Å². The van der Waals surface area contributed by atoms with Gasteiger partial charge in [0.05, 0.1) is 6.54 Å². The topological polar surface area (TPSA) is 25.2 Å². The summed E-state index contributed by atoms with van der Waals surface area (Å²) in [6, 6.07) is 1.83. The van der Waals surface area contributed by atoms with Crippen molar-refractivity contribution in [2.75, 3.05) is 13.1 Å². The molecule has 1 amide bonds. The van der Waals surface area contributed by atoms with Crippen LogP contribution in [0.1, 0.15) is 23.3 Å². The molecule has 0 saturated heterocycles. The molecule has 1 heterocycles. The first-order chi connectivity index (χ1) is 8.11. The van der Waals surface area contributed by atoms with Crippen molar-refractivity contribution in [1.82, 2.24) is 9.47 Å². The van der Waals surface area contributed by atoms with Gasteiger partial charge in [-0.15, -0.1) is 6.42 Å². The number of rotatable bonds is 4. The fourth-order valence-corrected chi connectivity index (χ4v) is 2.36. The van der Waals surface area contributed by atoms with E-state index in [9.17, 15) is 4.79 Å². The molecule has 0 radical (unpaired) electrons. The molecule has 2 rings (SSSR count). The Morgan fingerprint density at radius 3 is 2.88 bits per heavy atom. The lowest BCUT2D eigenvalue weighted by atomic mass is 10.3. The third-order valence-electron chi connectivity index (χ3n) is 2.94. The zero-order valence-corrected chi connectivity index (χ0v) is 11.4. The van der Waals surface area contributed by atoms with E-state index in [1.54, 1.807) is 4.90 Å². The SMILES string of the molecule is C#CCN(CC1CC1)C(=O)c1cc(Br)cn1C. The van der Waals surface area contributed by atoms with Crippen molar-refractivity contribution in [1.29, 1.82) is 0 Å². The molecule has 1 fully saturated rings. The Bertz CT molecular complexity index is 468. The quantitative estimate of drug-likeness (QED) is 0.782. The van der Waals surface area contributed by atoms with E-state index in [0.29, 0.717) is 18.2 Å². The summed E-state index contributed by atoms with van der Waals surface area (Å²) in [4.78, 5) is 14.1. The van der Waals surface area contributed by atoms with Gasteiger partial charge in [-0.05, 0) is 40.8 Å². The zero-order chi connectivity index (χ0) is 12.4. The Hall–Kier alpha value is -1.21. The Balaban J connectivity index is 2.14. The standard InChI is InChI=1S/C13H15BrN2O/c1-3-6-16(8-10-4-5-10)13(17)12-7-11(14)9-15(12)2/h1,7,9-10H,4-6,8H2,2H3. The summed E-state index contributed by atoms with van der Waals surface area (Å²) in [5, 5.41) is 0. The van der Waals surface area contributed by atoms with Crippen molar-refractivity contribution in [3.63, 3.8) is 0 Å². The molecule has 1 saturated carbocycles. The summed E-state index contributed by atoms with van der Waals surface area (Å²) in [6.45, 7) is 1.17. The van der Waals surface area contributed by atoms with Crippen LogP contribution < -0.4 is 0 Å². The third kappa shape index (κ3) is 2.92. The van der Waals surface area contributed by atoms with Gasteiger partial charge in [-0.3, -0.25) is 4.79 Å². The third-order valence-corrected chi connectivity index (χ3v) is 3.37. The molecule has 17 heavy (non-hydrogen) atoms. The van der Waals surface area contributed by atoms with Gasteiger partial charge in [0.2, 0.25) is 0 Å². The molecule has 0 unspecified atom stereocenters. The molecule has 0 spiro atoms. The van der Waals surface area contributed by atoms with Crippen LogP contribution >= 0.6 is 15.9 Å². The zero-order valence-electron chi connectivity index (χ0n) is 9.82. The monoisotopic (exact) mass is 294 g/mol. The number of halogens is 1. The molecule has 1 aliphatic rings. The van der Waals surface area contributed by atoms with Gasteiger partial charge >= 0.3 is 0 Å². The van der Waals surface area contributed by atoms with E-state index >= 15 is 0 Å². The maximum absolute atomic E-state index is 12.3. The van der Waals surface area contributed by atoms with E-state index < -0.39 is 0 Å². The van der Waals surface area contributed by atoms with Crippen LogP contribution in [0.4, 0.5) is 0 Å². The fourth-order valence-electron chi connectivity index (χ4n) is 1.84. The van der Waals surface area contributed by atoms with Crippen molar-refractivity contribution >= 4 is 21.8 Å². The van der Waals surface area contributed by atoms with Crippen molar-refractivity contribution in [2.45, 2.75) is 12.8 Å². The second-order valence-electron chi connectivity index (χ2n) is 4.49. The smallest absolute Gasteiger partial charge is 0.271 e. The number of nitrogens with zero attached hydrogens (tertiary/aromatic N) is 2. The number of amides is 1. The summed E-state index contributed by atoms with van der Waals surface area (Å²) in [5.74, 6) is 3.23. The molecule has 0 aromatic carbocycles. The summed E-state index contributed by atoms with van der Waals surface area (Å²) < 4.78 is 2.73. The van der Waals surface area contributed by atoms with Crippen LogP contribution in [0.25, 0.3) is 0 Å². The average Bonchev–Trinajstić information content (AvgIpc) is 3.02. The first-order valence-corrected chi connectivity index (χ1v) is 6.45. The van der Waals surface area contributed by atoms with E-state index in [2.05, 4.69) is 21.9 Å². The number of terminal acetylenes is 1. The van der Waals surface area contributed by atoms with Gasteiger partial charge in [-0.25, -0.2) is 0 Å². The van der Waals surface area contributed by atoms with Crippen molar-refractivity contribution in [2.24, 2.45) is 13.0 Å². The van der Waals surface area contributed by atoms with Crippen LogP contribution in [0.5, 0.6) is 0 Å². The van der Waals surface area contributed by atoms with Gasteiger partial charge in [0.1, 0.15) is 5.69 Å². The maximum atomic E-state index is 12.3. The molecule has 1 aromatic rings. The van der Waals surface area contributed by atoms with Gasteiger partial charge < -0.3 is 9.47 Å². The van der Waals surface area contributed by atoms with Crippen LogP contribution in [0, 0.1) is 18.3 Å². The van der Waals surface area contributed by atoms with E-state index in [1.807, 2.05) is 23.9 Å². The molecule has 0 atom stereocenters. The molecule has 1 aliphatic carbocycles. The van der Waals surface area contributed by atoms with Crippen LogP contribution in [-0.2, 0) is 7.05 Å². The Morgan fingerprint density at radius 1 is 1.71 bits per heavy atom. The minimum Gasteiger partial charge on any atom is -0.345 e. The first kappa shape index (κ1) is 12.3. The lowest BCUT2D eigenvalue weighted by Gasteiger charge is -2.20. The van der Waals surface area contributed by atoms with Gasteiger partial charge in [0.15, 0.2) is 0 Å². The molecule has 0 N–H and O–H groups in total. The Kier molecular flexibility index (Phi) is 3.58. The number of aromatic nitrogens is 1. The average molecular weight is 295 g/mol. The molecule has 4 heteroatoms. The number of aryl methyl sites for hydroxylation is 1. The molecule has 0 aliphatic heterocycles. The normalized spacial score (nSPS) is 14.4. The molecular weight excluding hydrogens is 280 g/mol. The first-order valence-electron chi connectivity index (χ1n) is 5.66. The van der Waals surface area contributed by atoms with Gasteiger partial charge in [-0.1, -0.05) is 5.92 Å². The Morgan fingerprint density at radius 2 is 2.41 bits per heavy atom. The highest BCUT2D eigenvalue weighted by molar-refractivity contribution is 9.10. The van der Waals surface area contributed by atoms with Crippen LogP contribution in [0.3, 0.4) is 0 Å². The van der Waals surface area contributed by atoms with Crippen LogP contribution in [-0.4, -0.2) is 28.5 Å². The van der Waals surface area contributed by atoms with Crippen molar-refractivity contribution in [3.8, 4) is 12.3 Å². The lowest BCUT2D eigenvalue weighted by Crippen LogP contribution is -2.34. The van der Waals surface area contributed by atoms with E-state index in [0.717, 1.165) is 11.0 Å². The second kappa shape index (κ2) is 4.97. The Labute approximate surface area is 110 Å². The largest absolute Gasteiger partial charge is 0.345 e. The number of carbonyl (C=O) groups excluding carboxylic acids is 1. The van der Waals surface area contributed by atoms with Crippen LogP contribution in [0.15, 0.2) is 16.7 Å². The predicted molar refractivity (Wildman–Crippen MR) is 70.6 cm³/mol. The second-order valence-corrected chi connectivity index (χ2v) is 5.40. The summed E-state index contributed by atoms with van der Waals surface area (Å²) in [6.07, 6.45) is 9.63. The fraction of sp³-hybridized carbons (Fsp3) is 0.462. The predicted octanol–water partition coefficient (Wildman–Crippen LogP) is 2.27. The summed E-state index contributed by atoms with van der Waals surface area (Å²) in [5.41, 5.74) is 0.674. The number of carbonyl (C=O) groups is 1. The highest BCUT2D eigenvalue weighted by Gasteiger charge is 2.27. The van der Waals surface area contributed by atoms with Gasteiger partial charge in [-0.2, -0.15) is 0 Å². The molecule has 1 aromatic heterocycles. The van der Waals surface area contributed by atoms with Crippen molar-refractivity contribution < 1.29 is 4.79 Å². The minimum absolute atomic E-state index is 0.0167. The molecule has 90 valence electrons. The highest BCUT2D eigenvalue weighted by atomic mass is 79.9.